The molecule has 0 atom stereocenters. The fraction of sp³-hybridized carbons (Fsp3) is 0.545. The van der Waals surface area contributed by atoms with Crippen LogP contribution in [0.25, 0.3) is 0 Å². The van der Waals surface area contributed by atoms with E-state index in [0.717, 1.165) is 6.54 Å². The Kier molecular flexibility index (Phi) is 2.71. The van der Waals surface area contributed by atoms with E-state index in [0.29, 0.717) is 0 Å². The zero-order valence-electron chi connectivity index (χ0n) is 8.24. The first-order valence-corrected chi connectivity index (χ1v) is 4.96. The number of hydrogen-bond acceptors (Lipinski definition) is 2. The maximum atomic E-state index is 2.52. The molecule has 1 aromatic rings. The summed E-state index contributed by atoms with van der Waals surface area (Å²) in [5.41, 5.74) is 1.45. The molecule has 0 spiro atoms. The van der Waals surface area contributed by atoms with Gasteiger partial charge in [0, 0.05) is 26.2 Å². The average molecular weight is 177 g/mol. The maximum Gasteiger partial charge on any atom is 0.0107 e. The third-order valence-corrected chi connectivity index (χ3v) is 2.73. The Labute approximate surface area is 80.1 Å². The monoisotopic (exact) mass is 177 g/mol. The molecule has 72 valence electrons. The Hall–Kier alpha value is -0.730. The summed E-state index contributed by atoms with van der Waals surface area (Å²) in [5, 5.41) is 0. The molecule has 0 radical (unpaired) electrons. The normalized spacial score (nSPS) is 20.7. The van der Waals surface area contributed by atoms with E-state index in [2.05, 4.69) is 41.1 Å². The minimum Gasteiger partial charge on any atom is -0.309 e. The molecule has 1 fully saturated rings. The van der Waals surface area contributed by atoms with E-state index < -0.39 is 0 Å². The fourth-order valence-corrected chi connectivity index (χ4v) is 1.78. The predicted molar refractivity (Wildman–Crippen MR) is 54.8 cm³/mol. The van der Waals surface area contributed by atoms with Crippen LogP contribution in [0.15, 0.2) is 24.3 Å². The minimum atomic E-state index is 1.13. The average Bonchev–Trinajstić information content (AvgIpc) is 2.62. The Morgan fingerprint density at radius 3 is 2.69 bits per heavy atom. The van der Waals surface area contributed by atoms with Crippen molar-refractivity contribution in [2.24, 2.45) is 0 Å². The van der Waals surface area contributed by atoms with Gasteiger partial charge in [-0.05, 0) is 13.6 Å². The molecule has 0 unspecified atom stereocenters. The van der Waals surface area contributed by atoms with Gasteiger partial charge in [-0.2, -0.15) is 23.8 Å². The van der Waals surface area contributed by atoms with Crippen molar-refractivity contribution >= 4 is 0 Å². The van der Waals surface area contributed by atoms with Gasteiger partial charge in [-0.25, -0.2) is 6.07 Å². The standard InChI is InChI=1S/C11H17N2/c1-12-6-8-13(9-7-12)10-11-4-2-3-5-11/h2-5H,6-10H2,1H3/q-1. The Morgan fingerprint density at radius 1 is 1.31 bits per heavy atom. The molecule has 2 rings (SSSR count). The van der Waals surface area contributed by atoms with Crippen LogP contribution in [0.2, 0.25) is 0 Å². The van der Waals surface area contributed by atoms with Crippen LogP contribution in [0.3, 0.4) is 0 Å². The summed E-state index contributed by atoms with van der Waals surface area (Å²) in [7, 11) is 2.19. The summed E-state index contributed by atoms with van der Waals surface area (Å²) in [4.78, 5) is 4.91. The van der Waals surface area contributed by atoms with Gasteiger partial charge in [0.2, 0.25) is 0 Å². The molecular weight excluding hydrogens is 160 g/mol. The van der Waals surface area contributed by atoms with Gasteiger partial charge in [-0.15, -0.1) is 0 Å². The lowest BCUT2D eigenvalue weighted by molar-refractivity contribution is 0.148. The second-order valence-corrected chi connectivity index (χ2v) is 3.87. The van der Waals surface area contributed by atoms with Crippen LogP contribution < -0.4 is 0 Å². The summed E-state index contributed by atoms with van der Waals surface area (Å²) >= 11 is 0. The highest BCUT2D eigenvalue weighted by Crippen LogP contribution is 2.07. The lowest BCUT2D eigenvalue weighted by Gasteiger charge is -2.33. The molecule has 0 aromatic heterocycles. The van der Waals surface area contributed by atoms with Crippen LogP contribution in [0, 0.1) is 0 Å². The number of piperazine rings is 1. The van der Waals surface area contributed by atoms with Crippen LogP contribution in [-0.4, -0.2) is 43.0 Å². The zero-order chi connectivity index (χ0) is 9.10. The molecule has 0 bridgehead atoms. The van der Waals surface area contributed by atoms with E-state index in [4.69, 9.17) is 0 Å². The van der Waals surface area contributed by atoms with Crippen molar-refractivity contribution in [1.29, 1.82) is 0 Å². The first-order valence-electron chi connectivity index (χ1n) is 4.96. The van der Waals surface area contributed by atoms with Crippen LogP contribution in [0.4, 0.5) is 0 Å². The van der Waals surface area contributed by atoms with Gasteiger partial charge in [0.05, 0.1) is 0 Å². The second-order valence-electron chi connectivity index (χ2n) is 3.87. The van der Waals surface area contributed by atoms with Gasteiger partial charge >= 0.3 is 0 Å². The van der Waals surface area contributed by atoms with Crippen molar-refractivity contribution in [2.45, 2.75) is 6.54 Å². The molecule has 13 heavy (non-hydrogen) atoms. The molecule has 1 aromatic carbocycles. The van der Waals surface area contributed by atoms with Crippen molar-refractivity contribution < 1.29 is 0 Å². The number of likely N-dealkylation sites (N-methyl/N-ethyl adjacent to an activating group) is 1. The molecule has 0 saturated carbocycles. The van der Waals surface area contributed by atoms with Gasteiger partial charge in [0.1, 0.15) is 0 Å². The molecule has 1 heterocycles. The van der Waals surface area contributed by atoms with Crippen LogP contribution >= 0.6 is 0 Å². The molecule has 1 saturated heterocycles. The van der Waals surface area contributed by atoms with Gasteiger partial charge in [-0.3, -0.25) is 0 Å². The van der Waals surface area contributed by atoms with Crippen molar-refractivity contribution in [2.75, 3.05) is 33.2 Å². The summed E-state index contributed by atoms with van der Waals surface area (Å²) in [6.45, 7) is 5.96. The zero-order valence-corrected chi connectivity index (χ0v) is 8.24. The Bertz CT molecular complexity index is 233. The quantitative estimate of drug-likeness (QED) is 0.625. The van der Waals surface area contributed by atoms with Crippen molar-refractivity contribution in [1.82, 2.24) is 9.80 Å². The molecule has 0 amide bonds. The van der Waals surface area contributed by atoms with Gasteiger partial charge in [0.15, 0.2) is 0 Å². The SMILES string of the molecule is CN1CCN(Cc2cc[cH-]c2)CC1. The summed E-state index contributed by atoms with van der Waals surface area (Å²) in [5.74, 6) is 0. The van der Waals surface area contributed by atoms with Gasteiger partial charge < -0.3 is 9.80 Å². The smallest absolute Gasteiger partial charge is 0.0107 e. The summed E-state index contributed by atoms with van der Waals surface area (Å²) in [6, 6.07) is 8.65. The minimum absolute atomic E-state index is 1.13. The number of nitrogens with zero attached hydrogens (tertiary/aromatic N) is 2. The topological polar surface area (TPSA) is 6.48 Å². The highest BCUT2D eigenvalue weighted by Gasteiger charge is 2.11. The molecule has 0 N–H and O–H groups in total. The first kappa shape index (κ1) is 8.85. The first-order chi connectivity index (χ1) is 6.34. The Morgan fingerprint density at radius 2 is 2.08 bits per heavy atom. The van der Waals surface area contributed by atoms with E-state index >= 15 is 0 Å². The van der Waals surface area contributed by atoms with Gasteiger partial charge in [0.25, 0.3) is 0 Å². The lowest BCUT2D eigenvalue weighted by atomic mass is 10.2. The van der Waals surface area contributed by atoms with E-state index in [9.17, 15) is 0 Å². The molecule has 2 nitrogen and oxygen atoms in total. The summed E-state index contributed by atoms with van der Waals surface area (Å²) < 4.78 is 0. The van der Waals surface area contributed by atoms with Crippen molar-refractivity contribution in [3.05, 3.63) is 29.8 Å². The van der Waals surface area contributed by atoms with Crippen LogP contribution in [-0.2, 0) is 6.54 Å². The fourth-order valence-electron chi connectivity index (χ4n) is 1.78. The third-order valence-electron chi connectivity index (χ3n) is 2.73. The van der Waals surface area contributed by atoms with E-state index in [1.54, 1.807) is 0 Å². The van der Waals surface area contributed by atoms with E-state index in [-0.39, 0.29) is 0 Å². The van der Waals surface area contributed by atoms with E-state index in [1.807, 2.05) is 0 Å². The van der Waals surface area contributed by atoms with E-state index in [1.165, 1.54) is 31.7 Å². The highest BCUT2D eigenvalue weighted by molar-refractivity contribution is 5.15. The number of hydrogen-bond donors (Lipinski definition) is 0. The van der Waals surface area contributed by atoms with Gasteiger partial charge in [-0.1, -0.05) is 0 Å². The molecule has 1 aliphatic heterocycles. The predicted octanol–water partition coefficient (Wildman–Crippen LogP) is 1.15. The van der Waals surface area contributed by atoms with Crippen LogP contribution in [0.5, 0.6) is 0 Å². The molecular formula is C11H17N2-. The molecule has 1 aliphatic rings. The highest BCUT2D eigenvalue weighted by atomic mass is 15.2. The lowest BCUT2D eigenvalue weighted by Crippen LogP contribution is -2.43. The maximum absolute atomic E-state index is 2.52. The Balaban J connectivity index is 1.83. The largest absolute Gasteiger partial charge is 0.309 e. The number of rotatable bonds is 2. The van der Waals surface area contributed by atoms with Crippen LogP contribution in [0.1, 0.15) is 5.56 Å². The van der Waals surface area contributed by atoms with Crippen molar-refractivity contribution in [3.8, 4) is 0 Å². The van der Waals surface area contributed by atoms with Crippen molar-refractivity contribution in [3.63, 3.8) is 0 Å². The molecule has 0 aliphatic carbocycles. The molecule has 2 heteroatoms. The second kappa shape index (κ2) is 3.99. The summed E-state index contributed by atoms with van der Waals surface area (Å²) in [6.07, 6.45) is 0. The third kappa shape index (κ3) is 2.36.